The molecule has 2 N–H and O–H groups in total. The Bertz CT molecular complexity index is 3600. The van der Waals surface area contributed by atoms with E-state index >= 15 is 0 Å². The summed E-state index contributed by atoms with van der Waals surface area (Å²) in [6.07, 6.45) is 5.62. The van der Waals surface area contributed by atoms with Crippen LogP contribution >= 0.6 is 69.6 Å². The molecule has 2 aromatic heterocycles. The molecule has 0 spiro atoms. The quantitative estimate of drug-likeness (QED) is 0.121. The number of carbonyl (C=O) groups excluding carboxylic acids is 1. The molecule has 0 aliphatic carbocycles. The average molecular weight is 1110 g/mol. The molecule has 6 aromatic carbocycles. The van der Waals surface area contributed by atoms with Crippen LogP contribution in [0.4, 0.5) is 0 Å². The minimum absolute atomic E-state index is 0.0654. The van der Waals surface area contributed by atoms with Crippen LogP contribution in [-0.4, -0.2) is 91.7 Å². The SMILES string of the molecule is CS(=O)(=O)c1cccc(-c2ccc(-n3cc(C(=O)NCCO)nc3-c3c(Cl)cccc3Cl)c(Cl)c2)c1.CS(=O)(=O)c1cccc(-c2ccc(-n3cc(C4=NCCO4)nc3-c3c(Cl)cccc3Cl)c(Cl)c2)c1. The summed E-state index contributed by atoms with van der Waals surface area (Å²) < 4.78 is 56.9. The van der Waals surface area contributed by atoms with Crippen LogP contribution in [0.3, 0.4) is 0 Å². The molecule has 9 rings (SSSR count). The number of amides is 1. The molecule has 0 saturated heterocycles. The number of aliphatic hydroxyl groups excluding tert-OH is 1. The monoisotopic (exact) mass is 1110 g/mol. The molecule has 8 aromatic rings. The molecule has 0 bridgehead atoms. The molecule has 3 heterocycles. The Kier molecular flexibility index (Phi) is 15.7. The molecular weight excluding hydrogens is 1070 g/mol. The van der Waals surface area contributed by atoms with Gasteiger partial charge in [-0.1, -0.05) is 118 Å². The van der Waals surface area contributed by atoms with Gasteiger partial charge in [0, 0.05) is 31.4 Å². The zero-order valence-corrected chi connectivity index (χ0v) is 43.4. The van der Waals surface area contributed by atoms with Crippen molar-refractivity contribution in [1.29, 1.82) is 0 Å². The Morgan fingerprint density at radius 1 is 0.606 bits per heavy atom. The van der Waals surface area contributed by atoms with Gasteiger partial charge in [0.2, 0.25) is 5.90 Å². The van der Waals surface area contributed by atoms with Gasteiger partial charge in [-0.05, 0) is 95.1 Å². The highest BCUT2D eigenvalue weighted by Crippen LogP contribution is 2.40. The lowest BCUT2D eigenvalue weighted by Gasteiger charge is -2.13. The summed E-state index contributed by atoms with van der Waals surface area (Å²) in [5.74, 6) is 0.743. The minimum atomic E-state index is -3.38. The highest BCUT2D eigenvalue weighted by molar-refractivity contribution is 7.91. The molecule has 71 heavy (non-hydrogen) atoms. The summed E-state index contributed by atoms with van der Waals surface area (Å²) in [4.78, 5) is 26.6. The Hall–Kier alpha value is -5.72. The van der Waals surface area contributed by atoms with Crippen molar-refractivity contribution in [3.63, 3.8) is 0 Å². The maximum Gasteiger partial charge on any atom is 0.271 e. The zero-order chi connectivity index (χ0) is 50.8. The Labute approximate surface area is 439 Å². The Balaban J connectivity index is 0.000000190. The van der Waals surface area contributed by atoms with E-state index in [1.165, 1.54) is 18.5 Å². The second kappa shape index (κ2) is 21.6. The maximum atomic E-state index is 12.6. The van der Waals surface area contributed by atoms with E-state index in [0.29, 0.717) is 100 Å². The normalized spacial score (nSPS) is 12.5. The van der Waals surface area contributed by atoms with Crippen molar-refractivity contribution in [1.82, 2.24) is 24.4 Å². The van der Waals surface area contributed by atoms with Crippen LogP contribution in [0, 0.1) is 0 Å². The smallest absolute Gasteiger partial charge is 0.271 e. The number of halogens is 6. The third-order valence-electron chi connectivity index (χ3n) is 10.8. The molecule has 13 nitrogen and oxygen atoms in total. The van der Waals surface area contributed by atoms with Gasteiger partial charge in [0.1, 0.15) is 29.6 Å². The number of nitrogens with one attached hydrogen (secondary N) is 1. The molecule has 1 amide bonds. The van der Waals surface area contributed by atoms with Crippen LogP contribution in [-0.2, 0) is 24.4 Å². The number of nitrogens with zero attached hydrogens (tertiary/aromatic N) is 5. The second-order valence-corrected chi connectivity index (χ2v) is 22.3. The number of carbonyl (C=O) groups is 1. The molecule has 1 aliphatic heterocycles. The van der Waals surface area contributed by atoms with Crippen LogP contribution in [0.2, 0.25) is 30.1 Å². The number of aromatic nitrogens is 4. The van der Waals surface area contributed by atoms with Gasteiger partial charge in [0.05, 0.1) is 75.6 Å². The van der Waals surface area contributed by atoms with Gasteiger partial charge in [-0.2, -0.15) is 0 Å². The topological polar surface area (TPSA) is 175 Å². The van der Waals surface area contributed by atoms with Gasteiger partial charge in [0.15, 0.2) is 19.7 Å². The number of aliphatic hydroxyl groups is 1. The van der Waals surface area contributed by atoms with Crippen molar-refractivity contribution in [2.45, 2.75) is 9.79 Å². The third-order valence-corrected chi connectivity index (χ3v) is 14.9. The molecular formula is C50H38Cl6N6O7S2. The van der Waals surface area contributed by atoms with Crippen molar-refractivity contribution in [2.24, 2.45) is 4.99 Å². The standard InChI is InChI=1S/C25H20Cl3N3O4S.C25H18Cl3N3O3S/c1-36(34,35)17-5-2-4-15(12-17)16-8-9-22(20(28)13-16)31-14-21(25(33)29-10-11-32)30-24(31)23-18(26)6-3-7-19(23)27;1-35(32,33)17-5-2-4-15(12-17)16-8-9-22(20(28)13-16)31-14-21(25-29-10-11-34-25)30-24(31)23-18(26)6-3-7-19(23)27/h2-9,12-14,32H,10-11H2,1H3,(H,29,33);2-9,12-14H,10-11H2,1H3. The van der Waals surface area contributed by atoms with Gasteiger partial charge in [0.25, 0.3) is 5.91 Å². The lowest BCUT2D eigenvalue weighted by molar-refractivity contribution is 0.0940. The lowest BCUT2D eigenvalue weighted by atomic mass is 10.1. The number of benzene rings is 6. The molecule has 21 heteroatoms. The van der Waals surface area contributed by atoms with Crippen LogP contribution in [0.5, 0.6) is 0 Å². The molecule has 1 aliphatic rings. The van der Waals surface area contributed by atoms with Gasteiger partial charge >= 0.3 is 0 Å². The Morgan fingerprint density at radius 3 is 1.49 bits per heavy atom. The first-order valence-electron chi connectivity index (χ1n) is 21.2. The largest absolute Gasteiger partial charge is 0.474 e. The van der Waals surface area contributed by atoms with Crippen molar-refractivity contribution >= 4 is 101 Å². The average Bonchev–Trinajstić information content (AvgIpc) is 4.12. The van der Waals surface area contributed by atoms with Crippen LogP contribution in [0.15, 0.2) is 149 Å². The number of sulfone groups is 2. The third kappa shape index (κ3) is 11.5. The van der Waals surface area contributed by atoms with Gasteiger partial charge in [-0.3, -0.25) is 13.9 Å². The first kappa shape index (κ1) is 51.6. The Morgan fingerprint density at radius 2 is 1.06 bits per heavy atom. The van der Waals surface area contributed by atoms with Crippen molar-refractivity contribution in [2.75, 3.05) is 38.8 Å². The number of hydrogen-bond donors (Lipinski definition) is 2. The second-order valence-electron chi connectivity index (χ2n) is 15.8. The van der Waals surface area contributed by atoms with Gasteiger partial charge < -0.3 is 15.2 Å². The summed E-state index contributed by atoms with van der Waals surface area (Å²) in [5.41, 5.74) is 5.61. The van der Waals surface area contributed by atoms with E-state index in [1.807, 2.05) is 18.2 Å². The van der Waals surface area contributed by atoms with E-state index in [1.54, 1.807) is 112 Å². The predicted molar refractivity (Wildman–Crippen MR) is 282 cm³/mol. The fourth-order valence-electron chi connectivity index (χ4n) is 7.44. The van der Waals surface area contributed by atoms with Crippen molar-refractivity contribution in [3.8, 4) is 56.4 Å². The molecule has 364 valence electrons. The fraction of sp³-hybridized carbons (Fsp3) is 0.120. The minimum Gasteiger partial charge on any atom is -0.474 e. The van der Waals surface area contributed by atoms with Crippen molar-refractivity contribution in [3.05, 3.63) is 175 Å². The van der Waals surface area contributed by atoms with Gasteiger partial charge in [-0.15, -0.1) is 0 Å². The van der Waals surface area contributed by atoms with Crippen LogP contribution < -0.4 is 5.32 Å². The van der Waals surface area contributed by atoms with E-state index < -0.39 is 25.6 Å². The van der Waals surface area contributed by atoms with E-state index in [4.69, 9.17) is 84.4 Å². The predicted octanol–water partition coefficient (Wildman–Crippen LogP) is 11.6. The molecule has 0 radical (unpaired) electrons. The number of rotatable bonds is 12. The molecule has 0 unspecified atom stereocenters. The zero-order valence-electron chi connectivity index (χ0n) is 37.2. The van der Waals surface area contributed by atoms with Crippen LogP contribution in [0.25, 0.3) is 56.4 Å². The molecule has 0 saturated carbocycles. The number of imidazole rings is 2. The molecule has 0 fully saturated rings. The summed E-state index contributed by atoms with van der Waals surface area (Å²) in [7, 11) is -6.71. The number of ether oxygens (including phenoxy) is 1. The highest BCUT2D eigenvalue weighted by atomic mass is 35.5. The number of aliphatic imine (C=N–C) groups is 1. The summed E-state index contributed by atoms with van der Waals surface area (Å²) in [6, 6.07) is 34.2. The van der Waals surface area contributed by atoms with E-state index in [-0.39, 0.29) is 28.6 Å². The summed E-state index contributed by atoms with van der Waals surface area (Å²) in [6.45, 7) is 0.901. The molecule has 0 atom stereocenters. The van der Waals surface area contributed by atoms with Crippen molar-refractivity contribution < 1.29 is 31.5 Å². The van der Waals surface area contributed by atoms with E-state index in [9.17, 15) is 21.6 Å². The van der Waals surface area contributed by atoms with Gasteiger partial charge in [-0.25, -0.2) is 31.8 Å². The summed E-state index contributed by atoms with van der Waals surface area (Å²) in [5, 5.41) is 13.9. The van der Waals surface area contributed by atoms with E-state index in [2.05, 4.69) is 15.3 Å². The maximum absolute atomic E-state index is 12.6. The highest BCUT2D eigenvalue weighted by Gasteiger charge is 2.25. The van der Waals surface area contributed by atoms with E-state index in [0.717, 1.165) is 17.4 Å². The van der Waals surface area contributed by atoms with Crippen LogP contribution in [0.1, 0.15) is 16.2 Å². The fourth-order valence-corrected chi connectivity index (χ4v) is 10.5. The lowest BCUT2D eigenvalue weighted by Crippen LogP contribution is -2.26. The summed E-state index contributed by atoms with van der Waals surface area (Å²) >= 11 is 39.3. The first-order chi connectivity index (χ1) is 33.8. The first-order valence-corrected chi connectivity index (χ1v) is 27.2. The number of hydrogen-bond acceptors (Lipinski definition) is 10.